The molecule has 0 unspecified atom stereocenters. The normalized spacial score (nSPS) is 12.0. The van der Waals surface area contributed by atoms with Gasteiger partial charge in [0.25, 0.3) is 0 Å². The van der Waals surface area contributed by atoms with Crippen LogP contribution in [0.3, 0.4) is 0 Å². The molecule has 0 radical (unpaired) electrons. The monoisotopic (exact) mass is 258 g/mol. The second-order valence-electron chi connectivity index (χ2n) is 2.17. The summed E-state index contributed by atoms with van der Waals surface area (Å²) in [6, 6.07) is 1.34. The fraction of sp³-hybridized carbons (Fsp3) is 1.00. The van der Waals surface area contributed by atoms with Crippen molar-refractivity contribution in [2.45, 2.75) is 32.4 Å². The predicted molar refractivity (Wildman–Crippen MR) is 49.2 cm³/mol. The zero-order valence-electron chi connectivity index (χ0n) is 5.38. The van der Waals surface area contributed by atoms with Gasteiger partial charge in [0.2, 0.25) is 0 Å². The van der Waals surface area contributed by atoms with Gasteiger partial charge in [0.1, 0.15) is 0 Å². The van der Waals surface area contributed by atoms with Gasteiger partial charge < -0.3 is 0 Å². The summed E-state index contributed by atoms with van der Waals surface area (Å²) in [5, 5.41) is -1.05. The lowest BCUT2D eigenvalue weighted by molar-refractivity contribution is 0.878. The van der Waals surface area contributed by atoms with Crippen LogP contribution in [-0.2, 0) is 0 Å². The number of halogens is 2. The van der Waals surface area contributed by atoms with Gasteiger partial charge in [-0.15, -0.1) is 30.6 Å². The fourth-order valence-electron chi connectivity index (χ4n) is 0.487. The summed E-state index contributed by atoms with van der Waals surface area (Å²) >= 11 is 7.27. The second kappa shape index (κ2) is 4.07. The summed E-state index contributed by atoms with van der Waals surface area (Å²) in [4.78, 5) is 0. The van der Waals surface area contributed by atoms with E-state index in [1.54, 1.807) is 0 Å². The van der Waals surface area contributed by atoms with Gasteiger partial charge in [-0.05, 0) is 6.04 Å². The smallest absolute Gasteiger partial charge is 0.111 e. The first-order valence-electron chi connectivity index (χ1n) is 2.94. The Labute approximate surface area is 68.2 Å². The van der Waals surface area contributed by atoms with Gasteiger partial charge in [-0.3, -0.25) is 0 Å². The molecule has 0 bridgehead atoms. The minimum absolute atomic E-state index is 1.05. The molecule has 0 aromatic carbocycles. The van der Waals surface area contributed by atoms with Gasteiger partial charge in [-0.1, -0.05) is 26.3 Å². The highest BCUT2D eigenvalue weighted by Crippen LogP contribution is 2.26. The lowest BCUT2D eigenvalue weighted by Gasteiger charge is -2.08. The third-order valence-corrected chi connectivity index (χ3v) is 4.58. The molecular weight excluding hydrogens is 248 g/mol. The molecule has 0 heterocycles. The third-order valence-electron chi connectivity index (χ3n) is 0.969. The molecular formula is C5H12Br2Si. The number of hydrogen-bond donors (Lipinski definition) is 0. The van der Waals surface area contributed by atoms with Crippen molar-refractivity contribution in [3.05, 3.63) is 0 Å². The average molecular weight is 260 g/mol. The van der Waals surface area contributed by atoms with Crippen molar-refractivity contribution in [3.8, 4) is 0 Å². The summed E-state index contributed by atoms with van der Waals surface area (Å²) < 4.78 is 0. The van der Waals surface area contributed by atoms with E-state index in [0.717, 1.165) is 0 Å². The average Bonchev–Trinajstić information content (AvgIpc) is 1.59. The molecule has 0 aliphatic carbocycles. The van der Waals surface area contributed by atoms with E-state index in [9.17, 15) is 0 Å². The lowest BCUT2D eigenvalue weighted by atomic mass is 10.4. The van der Waals surface area contributed by atoms with Gasteiger partial charge >= 0.3 is 0 Å². The van der Waals surface area contributed by atoms with Crippen molar-refractivity contribution in [2.24, 2.45) is 0 Å². The van der Waals surface area contributed by atoms with Crippen LogP contribution in [0.25, 0.3) is 0 Å². The number of hydrogen-bond acceptors (Lipinski definition) is 0. The highest BCUT2D eigenvalue weighted by atomic mass is 79.9. The van der Waals surface area contributed by atoms with Gasteiger partial charge in [0, 0.05) is 0 Å². The largest absolute Gasteiger partial charge is 0.198 e. The van der Waals surface area contributed by atoms with E-state index in [2.05, 4.69) is 44.1 Å². The zero-order chi connectivity index (χ0) is 6.62. The van der Waals surface area contributed by atoms with Crippen molar-refractivity contribution in [1.29, 1.82) is 0 Å². The van der Waals surface area contributed by atoms with E-state index in [1.165, 1.54) is 18.9 Å². The van der Waals surface area contributed by atoms with Gasteiger partial charge in [0.15, 0.2) is 5.31 Å². The summed E-state index contributed by atoms with van der Waals surface area (Å²) in [6.07, 6.45) is 2.65. The van der Waals surface area contributed by atoms with Crippen molar-refractivity contribution < 1.29 is 0 Å². The molecule has 8 heavy (non-hydrogen) atoms. The van der Waals surface area contributed by atoms with E-state index >= 15 is 0 Å². The maximum atomic E-state index is 3.64. The van der Waals surface area contributed by atoms with E-state index in [4.69, 9.17) is 0 Å². The highest BCUT2D eigenvalue weighted by Gasteiger charge is 2.16. The highest BCUT2D eigenvalue weighted by molar-refractivity contribution is 9.51. The Kier molecular flexibility index (Phi) is 4.66. The first kappa shape index (κ1) is 9.18. The molecule has 0 nitrogen and oxygen atoms in total. The van der Waals surface area contributed by atoms with Crippen LogP contribution in [0.5, 0.6) is 0 Å². The van der Waals surface area contributed by atoms with Crippen LogP contribution in [0.4, 0.5) is 0 Å². The third kappa shape index (κ3) is 7.18. The van der Waals surface area contributed by atoms with Crippen molar-refractivity contribution in [2.75, 3.05) is 0 Å². The van der Waals surface area contributed by atoms with Gasteiger partial charge in [0.05, 0.1) is 0 Å². The Morgan fingerprint density at radius 1 is 1.38 bits per heavy atom. The van der Waals surface area contributed by atoms with E-state index < -0.39 is 5.31 Å². The van der Waals surface area contributed by atoms with Crippen LogP contribution in [-0.4, -0.2) is 5.31 Å². The molecule has 0 saturated heterocycles. The first-order valence-corrected chi connectivity index (χ1v) is 10.2. The van der Waals surface area contributed by atoms with Gasteiger partial charge in [-0.2, -0.15) is 0 Å². The molecule has 50 valence electrons. The molecule has 0 N–H and O–H groups in total. The van der Waals surface area contributed by atoms with Crippen molar-refractivity contribution in [3.63, 3.8) is 0 Å². The standard InChI is InChI=1S/C5H12Br2Si/c1-3-4-5-8(2,6)7/h3-5H2,1-2H3. The summed E-state index contributed by atoms with van der Waals surface area (Å²) in [5.41, 5.74) is 0. The maximum Gasteiger partial charge on any atom is 0.198 e. The molecule has 0 amide bonds. The SMILES string of the molecule is CCCC[Si](C)(Br)Br. The molecule has 0 saturated carbocycles. The lowest BCUT2D eigenvalue weighted by Crippen LogP contribution is -2.08. The molecule has 0 aromatic heterocycles. The van der Waals surface area contributed by atoms with Gasteiger partial charge in [-0.25, -0.2) is 0 Å². The molecule has 3 heteroatoms. The first-order chi connectivity index (χ1) is 3.56. The molecule has 0 spiro atoms. The van der Waals surface area contributed by atoms with Crippen LogP contribution < -0.4 is 0 Å². The van der Waals surface area contributed by atoms with Crippen LogP contribution in [0.1, 0.15) is 19.8 Å². The Balaban J connectivity index is 3.11. The summed E-state index contributed by atoms with van der Waals surface area (Å²) in [7, 11) is 0. The quantitative estimate of drug-likeness (QED) is 0.536. The minimum Gasteiger partial charge on any atom is -0.111 e. The Morgan fingerprint density at radius 2 is 1.88 bits per heavy atom. The Hall–Kier alpha value is 1.18. The number of rotatable bonds is 3. The van der Waals surface area contributed by atoms with Crippen molar-refractivity contribution >= 4 is 35.9 Å². The van der Waals surface area contributed by atoms with Crippen molar-refractivity contribution in [1.82, 2.24) is 0 Å². The van der Waals surface area contributed by atoms with E-state index in [0.29, 0.717) is 0 Å². The second-order valence-corrected chi connectivity index (χ2v) is 18.5. The van der Waals surface area contributed by atoms with Crippen LogP contribution in [0.15, 0.2) is 0 Å². The molecule has 0 aromatic rings. The summed E-state index contributed by atoms with van der Waals surface area (Å²) in [5.74, 6) is 0. The van der Waals surface area contributed by atoms with Crippen LogP contribution in [0.2, 0.25) is 12.6 Å². The molecule has 0 aliphatic rings. The minimum atomic E-state index is -1.05. The molecule has 0 aliphatic heterocycles. The fourth-order valence-corrected chi connectivity index (χ4v) is 3.14. The van der Waals surface area contributed by atoms with E-state index in [1.807, 2.05) is 0 Å². The Bertz CT molecular complexity index is 57.9. The topological polar surface area (TPSA) is 0 Å². The summed E-state index contributed by atoms with van der Waals surface area (Å²) in [6.45, 7) is 4.49. The molecule has 0 atom stereocenters. The Morgan fingerprint density at radius 3 is 2.00 bits per heavy atom. The van der Waals surface area contributed by atoms with Crippen LogP contribution >= 0.6 is 30.6 Å². The maximum absolute atomic E-state index is 3.64. The van der Waals surface area contributed by atoms with Crippen LogP contribution in [0, 0.1) is 0 Å². The zero-order valence-corrected chi connectivity index (χ0v) is 9.55. The molecule has 0 rings (SSSR count). The van der Waals surface area contributed by atoms with E-state index in [-0.39, 0.29) is 0 Å². The number of unbranched alkanes of at least 4 members (excludes halogenated alkanes) is 1. The molecule has 0 fully saturated rings. The predicted octanol–water partition coefficient (Wildman–Crippen LogP) is 3.65.